The van der Waals surface area contributed by atoms with Gasteiger partial charge in [0.25, 0.3) is 0 Å². The largest absolute Gasteiger partial charge is 0.351 e. The molecule has 5 heteroatoms. The summed E-state index contributed by atoms with van der Waals surface area (Å²) in [5.74, 6) is 0.899. The number of hydrogen-bond donors (Lipinski definition) is 1. The first kappa shape index (κ1) is 13.0. The lowest BCUT2D eigenvalue weighted by molar-refractivity contribution is 0.731. The predicted molar refractivity (Wildman–Crippen MR) is 75.9 cm³/mol. The Morgan fingerprint density at radius 3 is 2.78 bits per heavy atom. The fourth-order valence-electron chi connectivity index (χ4n) is 1.72. The van der Waals surface area contributed by atoms with E-state index in [0.717, 1.165) is 18.1 Å². The minimum atomic E-state index is 0.314. The molecule has 18 heavy (non-hydrogen) atoms. The Morgan fingerprint density at radius 2 is 2.22 bits per heavy atom. The summed E-state index contributed by atoms with van der Waals surface area (Å²) < 4.78 is 0. The van der Waals surface area contributed by atoms with Crippen molar-refractivity contribution in [2.24, 2.45) is 0 Å². The van der Waals surface area contributed by atoms with Gasteiger partial charge in [-0.2, -0.15) is 0 Å². The van der Waals surface area contributed by atoms with Gasteiger partial charge >= 0.3 is 0 Å². The molecule has 2 aromatic rings. The molecule has 0 aliphatic heterocycles. The molecule has 4 nitrogen and oxygen atoms in total. The fourth-order valence-corrected chi connectivity index (χ4v) is 2.55. The maximum Gasteiger partial charge on any atom is 0.147 e. The lowest BCUT2D eigenvalue weighted by Gasteiger charge is -2.24. The molecule has 0 radical (unpaired) electrons. The van der Waals surface area contributed by atoms with Crippen molar-refractivity contribution in [3.63, 3.8) is 0 Å². The van der Waals surface area contributed by atoms with Crippen LogP contribution in [0.15, 0.2) is 29.9 Å². The highest BCUT2D eigenvalue weighted by molar-refractivity contribution is 7.10. The summed E-state index contributed by atoms with van der Waals surface area (Å²) in [7, 11) is 3.95. The number of rotatable bonds is 5. The van der Waals surface area contributed by atoms with Gasteiger partial charge in [0.2, 0.25) is 0 Å². The topological polar surface area (TPSA) is 41.1 Å². The van der Waals surface area contributed by atoms with Crippen LogP contribution in [-0.2, 0) is 6.54 Å². The second-order valence-electron chi connectivity index (χ2n) is 4.20. The van der Waals surface area contributed by atoms with Crippen LogP contribution in [0, 0.1) is 0 Å². The lowest BCUT2D eigenvalue weighted by Crippen LogP contribution is -2.22. The summed E-state index contributed by atoms with van der Waals surface area (Å²) >= 11 is 1.77. The molecule has 1 unspecified atom stereocenters. The van der Waals surface area contributed by atoms with Gasteiger partial charge in [0.15, 0.2) is 0 Å². The average molecular weight is 262 g/mol. The smallest absolute Gasteiger partial charge is 0.147 e. The maximum absolute atomic E-state index is 4.46. The molecule has 0 fully saturated rings. The molecule has 1 atom stereocenters. The van der Waals surface area contributed by atoms with Gasteiger partial charge in [-0.3, -0.25) is 4.98 Å². The molecule has 0 aliphatic rings. The van der Waals surface area contributed by atoms with Crippen LogP contribution in [0.1, 0.15) is 23.5 Å². The van der Waals surface area contributed by atoms with Gasteiger partial charge in [-0.05, 0) is 25.4 Å². The summed E-state index contributed by atoms with van der Waals surface area (Å²) in [6.07, 6.45) is 3.65. The third-order valence-electron chi connectivity index (χ3n) is 2.95. The van der Waals surface area contributed by atoms with Gasteiger partial charge in [-0.15, -0.1) is 11.3 Å². The molecule has 2 aromatic heterocycles. The van der Waals surface area contributed by atoms with E-state index in [1.807, 2.05) is 26.5 Å². The van der Waals surface area contributed by atoms with Crippen molar-refractivity contribution in [3.8, 4) is 0 Å². The van der Waals surface area contributed by atoms with Gasteiger partial charge in [-0.1, -0.05) is 6.07 Å². The van der Waals surface area contributed by atoms with E-state index in [0.29, 0.717) is 6.04 Å². The van der Waals surface area contributed by atoms with Crippen LogP contribution >= 0.6 is 11.3 Å². The molecule has 0 spiro atoms. The van der Waals surface area contributed by atoms with Gasteiger partial charge in [0, 0.05) is 18.5 Å². The van der Waals surface area contributed by atoms with Crippen molar-refractivity contribution in [1.29, 1.82) is 0 Å². The standard InChI is InChI=1S/C13H18N4S/c1-10(12-5-4-6-18-12)17(3)13-9-15-11(7-14-2)8-16-13/h4-6,8-10,14H,7H2,1-3H3. The SMILES string of the molecule is CNCc1cnc(N(C)C(C)c2cccs2)cn1. The molecule has 2 rings (SSSR count). The molecular weight excluding hydrogens is 244 g/mol. The van der Waals surface area contributed by atoms with Crippen LogP contribution in [0.4, 0.5) is 5.82 Å². The molecule has 0 saturated carbocycles. The highest BCUT2D eigenvalue weighted by Crippen LogP contribution is 2.26. The highest BCUT2D eigenvalue weighted by atomic mass is 32.1. The van der Waals surface area contributed by atoms with Crippen LogP contribution < -0.4 is 10.2 Å². The van der Waals surface area contributed by atoms with E-state index < -0.39 is 0 Å². The van der Waals surface area contributed by atoms with Crippen LogP contribution in [0.3, 0.4) is 0 Å². The monoisotopic (exact) mass is 262 g/mol. The Morgan fingerprint density at radius 1 is 1.39 bits per heavy atom. The van der Waals surface area contributed by atoms with Gasteiger partial charge in [0.1, 0.15) is 5.82 Å². The molecule has 0 aromatic carbocycles. The van der Waals surface area contributed by atoms with Gasteiger partial charge < -0.3 is 10.2 Å². The summed E-state index contributed by atoms with van der Waals surface area (Å²) in [5.41, 5.74) is 0.957. The number of nitrogens with one attached hydrogen (secondary N) is 1. The zero-order valence-corrected chi connectivity index (χ0v) is 11.7. The Kier molecular flexibility index (Phi) is 4.28. The molecule has 0 bridgehead atoms. The van der Waals surface area contributed by atoms with E-state index in [1.54, 1.807) is 11.3 Å². The normalized spacial score (nSPS) is 12.4. The first-order valence-corrected chi connectivity index (χ1v) is 6.82. The number of anilines is 1. The predicted octanol–water partition coefficient (Wildman–Crippen LogP) is 2.45. The van der Waals surface area contributed by atoms with Crippen molar-refractivity contribution in [2.75, 3.05) is 19.0 Å². The molecule has 0 amide bonds. The first-order chi connectivity index (χ1) is 8.72. The Labute approximate surface area is 112 Å². The number of thiophene rings is 1. The Bertz CT molecular complexity index is 466. The molecule has 0 aliphatic carbocycles. The van der Waals surface area contributed by atoms with E-state index in [1.165, 1.54) is 4.88 Å². The third kappa shape index (κ3) is 2.86. The van der Waals surface area contributed by atoms with Crippen molar-refractivity contribution in [2.45, 2.75) is 19.5 Å². The fraction of sp³-hybridized carbons (Fsp3) is 0.385. The summed E-state index contributed by atoms with van der Waals surface area (Å²) in [6, 6.07) is 4.54. The van der Waals surface area contributed by atoms with E-state index in [-0.39, 0.29) is 0 Å². The molecule has 0 saturated heterocycles. The van der Waals surface area contributed by atoms with Crippen LogP contribution in [0.2, 0.25) is 0 Å². The lowest BCUT2D eigenvalue weighted by atomic mass is 10.2. The number of nitrogens with zero attached hydrogens (tertiary/aromatic N) is 3. The Hall–Kier alpha value is -1.46. The zero-order valence-electron chi connectivity index (χ0n) is 10.9. The van der Waals surface area contributed by atoms with Crippen molar-refractivity contribution in [1.82, 2.24) is 15.3 Å². The van der Waals surface area contributed by atoms with E-state index in [2.05, 4.69) is 44.6 Å². The van der Waals surface area contributed by atoms with Crippen molar-refractivity contribution in [3.05, 3.63) is 40.5 Å². The van der Waals surface area contributed by atoms with Gasteiger partial charge in [0.05, 0.1) is 24.1 Å². The zero-order chi connectivity index (χ0) is 13.0. The maximum atomic E-state index is 4.46. The van der Waals surface area contributed by atoms with E-state index >= 15 is 0 Å². The second kappa shape index (κ2) is 5.93. The molecule has 96 valence electrons. The first-order valence-electron chi connectivity index (χ1n) is 5.94. The minimum absolute atomic E-state index is 0.314. The van der Waals surface area contributed by atoms with E-state index in [9.17, 15) is 0 Å². The molecule has 2 heterocycles. The van der Waals surface area contributed by atoms with Crippen LogP contribution in [0.25, 0.3) is 0 Å². The van der Waals surface area contributed by atoms with Gasteiger partial charge in [-0.25, -0.2) is 4.98 Å². The second-order valence-corrected chi connectivity index (χ2v) is 5.18. The average Bonchev–Trinajstić information content (AvgIpc) is 2.92. The Balaban J connectivity index is 2.11. The number of hydrogen-bond acceptors (Lipinski definition) is 5. The van der Waals surface area contributed by atoms with E-state index in [4.69, 9.17) is 0 Å². The number of aromatic nitrogens is 2. The van der Waals surface area contributed by atoms with Crippen LogP contribution in [0.5, 0.6) is 0 Å². The summed E-state index contributed by atoms with van der Waals surface area (Å²) in [6.45, 7) is 2.92. The summed E-state index contributed by atoms with van der Waals surface area (Å²) in [4.78, 5) is 12.3. The van der Waals surface area contributed by atoms with Crippen LogP contribution in [-0.4, -0.2) is 24.1 Å². The van der Waals surface area contributed by atoms with Crippen molar-refractivity contribution >= 4 is 17.2 Å². The molecule has 1 N–H and O–H groups in total. The summed E-state index contributed by atoms with van der Waals surface area (Å²) in [5, 5.41) is 5.16. The van der Waals surface area contributed by atoms with Crippen molar-refractivity contribution < 1.29 is 0 Å². The highest BCUT2D eigenvalue weighted by Gasteiger charge is 2.14. The minimum Gasteiger partial charge on any atom is -0.351 e. The third-order valence-corrected chi connectivity index (χ3v) is 3.99. The molecular formula is C13H18N4S. The quantitative estimate of drug-likeness (QED) is 0.898.